The minimum absolute atomic E-state index is 0.120. The molecule has 1 fully saturated rings. The third-order valence-corrected chi connectivity index (χ3v) is 3.18. The zero-order chi connectivity index (χ0) is 13.0. The maximum atomic E-state index is 13.9. The molecule has 0 amide bonds. The van der Waals surface area contributed by atoms with Gasteiger partial charge in [-0.3, -0.25) is 0 Å². The molecule has 1 aliphatic heterocycles. The van der Waals surface area contributed by atoms with Crippen LogP contribution >= 0.6 is 0 Å². The standard InChI is InChI=1S/C14H22FN3/c1-11(2)17-10-12-3-4-13(15)14(9-12)18-7-5-16-6-8-18/h3-4,9,11,16-17H,5-8,10H2,1-2H3. The Balaban J connectivity index is 2.10. The summed E-state index contributed by atoms with van der Waals surface area (Å²) < 4.78 is 13.9. The first kappa shape index (κ1) is 13.3. The van der Waals surface area contributed by atoms with Gasteiger partial charge in [-0.25, -0.2) is 4.39 Å². The first-order valence-electron chi connectivity index (χ1n) is 6.64. The number of benzene rings is 1. The second-order valence-electron chi connectivity index (χ2n) is 5.06. The maximum absolute atomic E-state index is 13.9. The van der Waals surface area contributed by atoms with Gasteiger partial charge in [-0.15, -0.1) is 0 Å². The lowest BCUT2D eigenvalue weighted by atomic mass is 10.1. The molecule has 2 N–H and O–H groups in total. The molecule has 1 aliphatic rings. The molecule has 1 heterocycles. The van der Waals surface area contributed by atoms with E-state index in [-0.39, 0.29) is 5.82 Å². The molecule has 0 saturated carbocycles. The molecule has 0 spiro atoms. The van der Waals surface area contributed by atoms with Gasteiger partial charge in [0.05, 0.1) is 5.69 Å². The van der Waals surface area contributed by atoms with E-state index in [1.165, 1.54) is 0 Å². The van der Waals surface area contributed by atoms with Gasteiger partial charge in [-0.2, -0.15) is 0 Å². The van der Waals surface area contributed by atoms with Gasteiger partial charge >= 0.3 is 0 Å². The third kappa shape index (κ3) is 3.43. The zero-order valence-corrected chi connectivity index (χ0v) is 11.2. The number of hydrogen-bond donors (Lipinski definition) is 2. The number of piperazine rings is 1. The summed E-state index contributed by atoms with van der Waals surface area (Å²) in [6.45, 7) is 8.61. The van der Waals surface area contributed by atoms with E-state index in [9.17, 15) is 4.39 Å². The first-order chi connectivity index (χ1) is 8.66. The highest BCUT2D eigenvalue weighted by Gasteiger charge is 2.14. The predicted molar refractivity (Wildman–Crippen MR) is 73.5 cm³/mol. The van der Waals surface area contributed by atoms with Crippen molar-refractivity contribution in [1.82, 2.24) is 10.6 Å². The Morgan fingerprint density at radius 1 is 1.33 bits per heavy atom. The SMILES string of the molecule is CC(C)NCc1ccc(F)c(N2CCNCC2)c1. The summed E-state index contributed by atoms with van der Waals surface area (Å²) in [5.41, 5.74) is 1.87. The Morgan fingerprint density at radius 2 is 2.06 bits per heavy atom. The normalized spacial score (nSPS) is 16.3. The fraction of sp³-hybridized carbons (Fsp3) is 0.571. The van der Waals surface area contributed by atoms with Crippen molar-refractivity contribution >= 4 is 5.69 Å². The smallest absolute Gasteiger partial charge is 0.146 e. The maximum Gasteiger partial charge on any atom is 0.146 e. The zero-order valence-electron chi connectivity index (χ0n) is 11.2. The van der Waals surface area contributed by atoms with Crippen LogP contribution in [0.3, 0.4) is 0 Å². The van der Waals surface area contributed by atoms with Crippen molar-refractivity contribution in [3.8, 4) is 0 Å². The second kappa shape index (κ2) is 6.16. The van der Waals surface area contributed by atoms with Crippen LogP contribution in [0, 0.1) is 5.82 Å². The van der Waals surface area contributed by atoms with Gasteiger partial charge in [-0.05, 0) is 17.7 Å². The Hall–Kier alpha value is -1.13. The highest BCUT2D eigenvalue weighted by atomic mass is 19.1. The molecule has 0 atom stereocenters. The summed E-state index contributed by atoms with van der Waals surface area (Å²) in [6.07, 6.45) is 0. The lowest BCUT2D eigenvalue weighted by molar-refractivity contribution is 0.562. The Labute approximate surface area is 108 Å². The van der Waals surface area contributed by atoms with Crippen LogP contribution in [0.5, 0.6) is 0 Å². The largest absolute Gasteiger partial charge is 0.367 e. The highest BCUT2D eigenvalue weighted by molar-refractivity contribution is 5.50. The Kier molecular flexibility index (Phi) is 4.55. The molecular formula is C14H22FN3. The fourth-order valence-corrected chi connectivity index (χ4v) is 2.14. The van der Waals surface area contributed by atoms with Crippen LogP contribution < -0.4 is 15.5 Å². The number of rotatable bonds is 4. The summed E-state index contributed by atoms with van der Waals surface area (Å²) in [6, 6.07) is 5.85. The molecule has 0 aliphatic carbocycles. The minimum atomic E-state index is -0.120. The monoisotopic (exact) mass is 251 g/mol. The summed E-state index contributed by atoms with van der Waals surface area (Å²) in [7, 11) is 0. The van der Waals surface area contributed by atoms with Crippen LogP contribution in [-0.4, -0.2) is 32.2 Å². The van der Waals surface area contributed by atoms with Crippen molar-refractivity contribution in [2.75, 3.05) is 31.1 Å². The lowest BCUT2D eigenvalue weighted by Crippen LogP contribution is -2.43. The van der Waals surface area contributed by atoms with Gasteiger partial charge in [0, 0.05) is 38.8 Å². The van der Waals surface area contributed by atoms with Crippen molar-refractivity contribution in [1.29, 1.82) is 0 Å². The van der Waals surface area contributed by atoms with Crippen molar-refractivity contribution < 1.29 is 4.39 Å². The molecule has 0 radical (unpaired) electrons. The Morgan fingerprint density at radius 3 is 2.72 bits per heavy atom. The predicted octanol–water partition coefficient (Wildman–Crippen LogP) is 1.73. The minimum Gasteiger partial charge on any atom is -0.367 e. The quantitative estimate of drug-likeness (QED) is 0.853. The van der Waals surface area contributed by atoms with Crippen LogP contribution in [-0.2, 0) is 6.54 Å². The molecule has 1 saturated heterocycles. The van der Waals surface area contributed by atoms with Crippen LogP contribution in [0.25, 0.3) is 0 Å². The molecule has 0 unspecified atom stereocenters. The van der Waals surface area contributed by atoms with Crippen molar-refractivity contribution in [3.63, 3.8) is 0 Å². The summed E-state index contributed by atoms with van der Waals surface area (Å²) in [5.74, 6) is -0.120. The molecule has 18 heavy (non-hydrogen) atoms. The topological polar surface area (TPSA) is 27.3 Å². The van der Waals surface area contributed by atoms with Crippen molar-refractivity contribution in [2.45, 2.75) is 26.4 Å². The lowest BCUT2D eigenvalue weighted by Gasteiger charge is -2.30. The number of anilines is 1. The van der Waals surface area contributed by atoms with E-state index >= 15 is 0 Å². The van der Waals surface area contributed by atoms with Crippen LogP contribution in [0.1, 0.15) is 19.4 Å². The van der Waals surface area contributed by atoms with Gasteiger partial charge in [0.2, 0.25) is 0 Å². The van der Waals surface area contributed by atoms with E-state index in [0.29, 0.717) is 6.04 Å². The molecule has 3 nitrogen and oxygen atoms in total. The summed E-state index contributed by atoms with van der Waals surface area (Å²) >= 11 is 0. The fourth-order valence-electron chi connectivity index (χ4n) is 2.14. The summed E-state index contributed by atoms with van der Waals surface area (Å²) in [5, 5.41) is 6.64. The molecule has 1 aromatic carbocycles. The number of hydrogen-bond acceptors (Lipinski definition) is 3. The molecule has 2 rings (SSSR count). The molecule has 0 aromatic heterocycles. The van der Waals surface area contributed by atoms with Gasteiger partial charge in [-0.1, -0.05) is 19.9 Å². The Bertz CT molecular complexity index is 387. The van der Waals surface area contributed by atoms with E-state index in [1.54, 1.807) is 6.07 Å². The molecule has 1 aromatic rings. The van der Waals surface area contributed by atoms with Crippen LogP contribution in [0.15, 0.2) is 18.2 Å². The molecule has 0 bridgehead atoms. The third-order valence-electron chi connectivity index (χ3n) is 3.18. The number of nitrogens with one attached hydrogen (secondary N) is 2. The van der Waals surface area contributed by atoms with E-state index in [4.69, 9.17) is 0 Å². The van der Waals surface area contributed by atoms with Crippen molar-refractivity contribution in [3.05, 3.63) is 29.6 Å². The second-order valence-corrected chi connectivity index (χ2v) is 5.06. The average Bonchev–Trinajstić information content (AvgIpc) is 2.38. The molecule has 4 heteroatoms. The van der Waals surface area contributed by atoms with E-state index in [2.05, 4.69) is 29.4 Å². The van der Waals surface area contributed by atoms with E-state index < -0.39 is 0 Å². The van der Waals surface area contributed by atoms with E-state index in [1.807, 2.05) is 12.1 Å². The van der Waals surface area contributed by atoms with Gasteiger partial charge in [0.25, 0.3) is 0 Å². The number of nitrogens with zero attached hydrogens (tertiary/aromatic N) is 1. The number of halogens is 1. The van der Waals surface area contributed by atoms with E-state index in [0.717, 1.165) is 44.0 Å². The highest BCUT2D eigenvalue weighted by Crippen LogP contribution is 2.21. The molecule has 100 valence electrons. The van der Waals surface area contributed by atoms with Crippen LogP contribution in [0.4, 0.5) is 10.1 Å². The first-order valence-corrected chi connectivity index (χ1v) is 6.64. The average molecular weight is 251 g/mol. The molecular weight excluding hydrogens is 229 g/mol. The van der Waals surface area contributed by atoms with Crippen LogP contribution in [0.2, 0.25) is 0 Å². The van der Waals surface area contributed by atoms with Gasteiger partial charge < -0.3 is 15.5 Å². The summed E-state index contributed by atoms with van der Waals surface area (Å²) in [4.78, 5) is 2.12. The van der Waals surface area contributed by atoms with Gasteiger partial charge in [0.15, 0.2) is 0 Å². The van der Waals surface area contributed by atoms with Crippen molar-refractivity contribution in [2.24, 2.45) is 0 Å². The van der Waals surface area contributed by atoms with Gasteiger partial charge in [0.1, 0.15) is 5.82 Å².